The Bertz CT molecular complexity index is 57.2. The summed E-state index contributed by atoms with van der Waals surface area (Å²) in [6.07, 6.45) is 2.39. The minimum Gasteiger partial charge on any atom is -0.113 e. The smallest absolute Gasteiger partial charge is 0.113 e. The molecule has 0 fully saturated rings. The van der Waals surface area contributed by atoms with E-state index in [1.807, 2.05) is 0 Å². The fourth-order valence-corrected chi connectivity index (χ4v) is 0.530. The normalized spacial score (nSPS) is 8.29. The van der Waals surface area contributed by atoms with Crippen LogP contribution in [0.4, 0.5) is 0 Å². The predicted octanol–water partition coefficient (Wildman–Crippen LogP) is 1.78. The molecule has 0 spiro atoms. The lowest BCUT2D eigenvalue weighted by atomic mass is 9.67. The Hall–Kier alpha value is -0.195. The van der Waals surface area contributed by atoms with Gasteiger partial charge in [0.2, 0.25) is 0 Å². The van der Waals surface area contributed by atoms with Crippen LogP contribution in [-0.4, -0.2) is 7.28 Å². The molecule has 1 heteroatoms. The SMILES string of the molecule is C=C(BCC)CC. The van der Waals surface area contributed by atoms with Gasteiger partial charge in [-0.05, 0) is 6.42 Å². The molecule has 0 atom stereocenters. The molecule has 0 aliphatic rings. The summed E-state index contributed by atoms with van der Waals surface area (Å²) in [6.45, 7) is 8.20. The number of hydrogen-bond donors (Lipinski definition) is 0. The maximum absolute atomic E-state index is 3.86. The van der Waals surface area contributed by atoms with Gasteiger partial charge in [-0.3, -0.25) is 0 Å². The molecule has 40 valence electrons. The van der Waals surface area contributed by atoms with Gasteiger partial charge >= 0.3 is 0 Å². The van der Waals surface area contributed by atoms with Gasteiger partial charge < -0.3 is 0 Å². The largest absolute Gasteiger partial charge is 0.151 e. The zero-order chi connectivity index (χ0) is 5.70. The summed E-state index contributed by atoms with van der Waals surface area (Å²) >= 11 is 0. The molecule has 0 radical (unpaired) electrons. The summed E-state index contributed by atoms with van der Waals surface area (Å²) in [5.74, 6) is 0. The third kappa shape index (κ3) is 3.64. The molecular formula is C6H13B. The van der Waals surface area contributed by atoms with Gasteiger partial charge in [0.25, 0.3) is 0 Å². The van der Waals surface area contributed by atoms with Crippen LogP contribution in [0.15, 0.2) is 12.1 Å². The highest BCUT2D eigenvalue weighted by Gasteiger charge is 1.86. The fraction of sp³-hybridized carbons (Fsp3) is 0.667. The molecule has 0 heterocycles. The zero-order valence-corrected chi connectivity index (χ0v) is 5.33. The van der Waals surface area contributed by atoms with E-state index in [1.54, 1.807) is 0 Å². The highest BCUT2D eigenvalue weighted by atomic mass is 13.7. The maximum Gasteiger partial charge on any atom is 0.151 e. The molecule has 0 aromatic heterocycles. The zero-order valence-electron chi connectivity index (χ0n) is 5.33. The van der Waals surface area contributed by atoms with Crippen LogP contribution < -0.4 is 0 Å². The van der Waals surface area contributed by atoms with Gasteiger partial charge in [-0.25, -0.2) is 0 Å². The van der Waals surface area contributed by atoms with E-state index in [0.717, 1.165) is 6.42 Å². The van der Waals surface area contributed by atoms with Crippen molar-refractivity contribution in [1.29, 1.82) is 0 Å². The van der Waals surface area contributed by atoms with Crippen molar-refractivity contribution in [2.75, 3.05) is 0 Å². The molecule has 0 rings (SSSR count). The Labute approximate surface area is 46.9 Å². The molecule has 7 heavy (non-hydrogen) atoms. The number of rotatable bonds is 3. The molecule has 0 aliphatic carbocycles. The first kappa shape index (κ1) is 6.80. The topological polar surface area (TPSA) is 0 Å². The van der Waals surface area contributed by atoms with Crippen LogP contribution in [-0.2, 0) is 0 Å². The first-order valence-corrected chi connectivity index (χ1v) is 2.97. The molecule has 0 unspecified atom stereocenters. The van der Waals surface area contributed by atoms with Crippen LogP contribution in [0, 0.1) is 0 Å². The van der Waals surface area contributed by atoms with Crippen molar-refractivity contribution in [3.8, 4) is 0 Å². The molecule has 0 amide bonds. The molecule has 0 nitrogen and oxygen atoms in total. The van der Waals surface area contributed by atoms with E-state index < -0.39 is 0 Å². The molecule has 0 saturated carbocycles. The van der Waals surface area contributed by atoms with Gasteiger partial charge in [-0.1, -0.05) is 20.2 Å². The third-order valence-corrected chi connectivity index (χ3v) is 1.10. The quantitative estimate of drug-likeness (QED) is 0.470. The van der Waals surface area contributed by atoms with Crippen LogP contribution in [0.2, 0.25) is 6.32 Å². The van der Waals surface area contributed by atoms with Gasteiger partial charge in [0, 0.05) is 0 Å². The van der Waals surface area contributed by atoms with E-state index in [1.165, 1.54) is 19.1 Å². The average molecular weight is 96.0 g/mol. The van der Waals surface area contributed by atoms with Crippen molar-refractivity contribution in [3.05, 3.63) is 12.1 Å². The van der Waals surface area contributed by atoms with Crippen LogP contribution >= 0.6 is 0 Å². The summed E-state index contributed by atoms with van der Waals surface area (Å²) in [4.78, 5) is 0. The van der Waals surface area contributed by atoms with Crippen LogP contribution in [0.25, 0.3) is 0 Å². The van der Waals surface area contributed by atoms with Crippen molar-refractivity contribution in [1.82, 2.24) is 0 Å². The average Bonchev–Trinajstić information content (AvgIpc) is 1.68. The molecule has 0 bridgehead atoms. The molecule has 0 aliphatic heterocycles. The van der Waals surface area contributed by atoms with E-state index in [-0.39, 0.29) is 0 Å². The van der Waals surface area contributed by atoms with E-state index in [4.69, 9.17) is 0 Å². The lowest BCUT2D eigenvalue weighted by molar-refractivity contribution is 1.19. The van der Waals surface area contributed by atoms with Gasteiger partial charge in [0.15, 0.2) is 7.28 Å². The minimum absolute atomic E-state index is 1.15. The Morgan fingerprint density at radius 3 is 2.29 bits per heavy atom. The number of hydrogen-bond acceptors (Lipinski definition) is 0. The first-order chi connectivity index (χ1) is 3.31. The Morgan fingerprint density at radius 1 is 1.57 bits per heavy atom. The number of allylic oxidation sites excluding steroid dienone is 1. The van der Waals surface area contributed by atoms with Gasteiger partial charge in [0.1, 0.15) is 0 Å². The monoisotopic (exact) mass is 96.1 g/mol. The molecule has 0 saturated heterocycles. The Kier molecular flexibility index (Phi) is 3.87. The molecule has 0 N–H and O–H groups in total. The molecule has 0 aromatic rings. The van der Waals surface area contributed by atoms with E-state index in [9.17, 15) is 0 Å². The van der Waals surface area contributed by atoms with Gasteiger partial charge in [-0.2, -0.15) is 0 Å². The maximum atomic E-state index is 3.86. The first-order valence-electron chi connectivity index (χ1n) is 2.97. The second kappa shape index (κ2) is 3.98. The second-order valence-electron chi connectivity index (χ2n) is 1.85. The van der Waals surface area contributed by atoms with Crippen molar-refractivity contribution < 1.29 is 0 Å². The van der Waals surface area contributed by atoms with E-state index in [0.29, 0.717) is 0 Å². The van der Waals surface area contributed by atoms with Crippen LogP contribution in [0.3, 0.4) is 0 Å². The lowest BCUT2D eigenvalue weighted by Crippen LogP contribution is -1.88. The van der Waals surface area contributed by atoms with Crippen molar-refractivity contribution in [2.24, 2.45) is 0 Å². The summed E-state index contributed by atoms with van der Waals surface area (Å²) < 4.78 is 0. The second-order valence-corrected chi connectivity index (χ2v) is 1.85. The van der Waals surface area contributed by atoms with Crippen molar-refractivity contribution >= 4 is 7.28 Å². The Balaban J connectivity index is 3.00. The Morgan fingerprint density at radius 2 is 2.14 bits per heavy atom. The van der Waals surface area contributed by atoms with Crippen molar-refractivity contribution in [2.45, 2.75) is 26.6 Å². The van der Waals surface area contributed by atoms with E-state index >= 15 is 0 Å². The summed E-state index contributed by atoms with van der Waals surface area (Å²) in [6, 6.07) is 0. The van der Waals surface area contributed by atoms with E-state index in [2.05, 4.69) is 20.4 Å². The highest BCUT2D eigenvalue weighted by molar-refractivity contribution is 6.44. The summed E-state index contributed by atoms with van der Waals surface area (Å²) in [5.41, 5.74) is 1.38. The van der Waals surface area contributed by atoms with Crippen LogP contribution in [0.1, 0.15) is 20.3 Å². The highest BCUT2D eigenvalue weighted by Crippen LogP contribution is 1.94. The predicted molar refractivity (Wildman–Crippen MR) is 37.1 cm³/mol. The third-order valence-electron chi connectivity index (χ3n) is 1.10. The van der Waals surface area contributed by atoms with Gasteiger partial charge in [0.05, 0.1) is 0 Å². The van der Waals surface area contributed by atoms with Crippen LogP contribution in [0.5, 0.6) is 0 Å². The molecule has 0 aromatic carbocycles. The molecular weight excluding hydrogens is 82.9 g/mol. The van der Waals surface area contributed by atoms with Crippen molar-refractivity contribution in [3.63, 3.8) is 0 Å². The minimum atomic E-state index is 1.15. The lowest BCUT2D eigenvalue weighted by Gasteiger charge is -1.91. The summed E-state index contributed by atoms with van der Waals surface area (Å²) in [5, 5.41) is 0. The summed E-state index contributed by atoms with van der Waals surface area (Å²) in [7, 11) is 1.20. The standard InChI is InChI=1S/C6H13B/c1-4-6(3)7-5-2/h7H,3-5H2,1-2H3. The van der Waals surface area contributed by atoms with Gasteiger partial charge in [-0.15, -0.1) is 12.1 Å². The fourth-order valence-electron chi connectivity index (χ4n) is 0.530.